The summed E-state index contributed by atoms with van der Waals surface area (Å²) in [6, 6.07) is 10.6. The molecule has 0 fully saturated rings. The average Bonchev–Trinajstić information content (AvgIpc) is 3.04. The first-order valence-electron chi connectivity index (χ1n) is 7.43. The Morgan fingerprint density at radius 1 is 1.09 bits per heavy atom. The van der Waals surface area contributed by atoms with Gasteiger partial charge in [-0.1, -0.05) is 13.0 Å². The van der Waals surface area contributed by atoms with Crippen LogP contribution < -0.4 is 10.6 Å². The average molecular weight is 331 g/mol. The first-order valence-corrected chi connectivity index (χ1v) is 8.31. The summed E-state index contributed by atoms with van der Waals surface area (Å²) >= 11 is 1.40. The molecule has 1 aromatic carbocycles. The molecular formula is C17H21N3O2S. The van der Waals surface area contributed by atoms with Crippen LogP contribution >= 0.6 is 11.3 Å². The van der Waals surface area contributed by atoms with Gasteiger partial charge in [-0.05, 0) is 56.2 Å². The number of hydrogen-bond donors (Lipinski definition) is 2. The summed E-state index contributed by atoms with van der Waals surface area (Å²) in [5.41, 5.74) is 1.41. The first kappa shape index (κ1) is 17.2. The fraction of sp³-hybridized carbons (Fsp3) is 0.294. The summed E-state index contributed by atoms with van der Waals surface area (Å²) in [6.45, 7) is 1.98. The van der Waals surface area contributed by atoms with E-state index in [0.29, 0.717) is 16.3 Å². The van der Waals surface area contributed by atoms with Gasteiger partial charge in [0.05, 0.1) is 10.9 Å². The highest BCUT2D eigenvalue weighted by Crippen LogP contribution is 2.17. The van der Waals surface area contributed by atoms with E-state index >= 15 is 0 Å². The van der Waals surface area contributed by atoms with Crippen LogP contribution in [-0.2, 0) is 4.79 Å². The van der Waals surface area contributed by atoms with Crippen molar-refractivity contribution in [3.05, 3.63) is 46.7 Å². The van der Waals surface area contributed by atoms with Crippen molar-refractivity contribution < 1.29 is 9.59 Å². The Labute approximate surface area is 140 Å². The van der Waals surface area contributed by atoms with E-state index in [4.69, 9.17) is 0 Å². The molecule has 0 radical (unpaired) electrons. The van der Waals surface area contributed by atoms with Crippen LogP contribution in [0.3, 0.4) is 0 Å². The molecule has 2 amide bonds. The number of nitrogens with zero attached hydrogens (tertiary/aromatic N) is 1. The van der Waals surface area contributed by atoms with Gasteiger partial charge in [-0.25, -0.2) is 0 Å². The molecule has 2 aromatic rings. The third-order valence-corrected chi connectivity index (χ3v) is 4.34. The maximum atomic E-state index is 12.2. The fourth-order valence-electron chi connectivity index (χ4n) is 2.25. The molecule has 0 aliphatic carbocycles. The van der Waals surface area contributed by atoms with Crippen molar-refractivity contribution in [2.24, 2.45) is 0 Å². The zero-order valence-electron chi connectivity index (χ0n) is 13.5. The van der Waals surface area contributed by atoms with Crippen LogP contribution in [0.15, 0.2) is 41.8 Å². The van der Waals surface area contributed by atoms with Gasteiger partial charge in [0.25, 0.3) is 5.91 Å². The number of rotatable bonds is 6. The first-order chi connectivity index (χ1) is 11.0. The number of carbonyl (C=O) groups is 2. The van der Waals surface area contributed by atoms with E-state index < -0.39 is 0 Å². The highest BCUT2D eigenvalue weighted by atomic mass is 32.1. The second kappa shape index (κ2) is 7.89. The number of hydrogen-bond acceptors (Lipinski definition) is 4. The Hall–Kier alpha value is -2.18. The molecule has 0 unspecified atom stereocenters. The predicted octanol–water partition coefficient (Wildman–Crippen LogP) is 3.28. The summed E-state index contributed by atoms with van der Waals surface area (Å²) in [5, 5.41) is 7.58. The Bertz CT molecular complexity index is 651. The predicted molar refractivity (Wildman–Crippen MR) is 95.1 cm³/mol. The Morgan fingerprint density at radius 3 is 2.17 bits per heavy atom. The molecule has 1 atom stereocenters. The van der Waals surface area contributed by atoms with Crippen LogP contribution in [0.5, 0.6) is 0 Å². The van der Waals surface area contributed by atoms with E-state index in [1.165, 1.54) is 11.3 Å². The second-order valence-corrected chi connectivity index (χ2v) is 6.33. The fourth-order valence-corrected chi connectivity index (χ4v) is 2.87. The van der Waals surface area contributed by atoms with Crippen molar-refractivity contribution >= 4 is 34.5 Å². The molecule has 2 N–H and O–H groups in total. The van der Waals surface area contributed by atoms with Gasteiger partial charge in [0, 0.05) is 11.4 Å². The van der Waals surface area contributed by atoms with Crippen LogP contribution in [-0.4, -0.2) is 36.9 Å². The van der Waals surface area contributed by atoms with Gasteiger partial charge in [0.15, 0.2) is 0 Å². The van der Waals surface area contributed by atoms with Crippen molar-refractivity contribution in [1.29, 1.82) is 0 Å². The third kappa shape index (κ3) is 4.64. The van der Waals surface area contributed by atoms with Crippen LogP contribution in [0, 0.1) is 0 Å². The summed E-state index contributed by atoms with van der Waals surface area (Å²) < 4.78 is 0. The number of thiophene rings is 1. The van der Waals surface area contributed by atoms with E-state index in [1.807, 2.05) is 37.4 Å². The lowest BCUT2D eigenvalue weighted by molar-refractivity contribution is -0.120. The smallest absolute Gasteiger partial charge is 0.265 e. The SMILES string of the molecule is CC[C@@H](C(=O)Nc1ccc(NC(=O)c2cccs2)cc1)N(C)C. The topological polar surface area (TPSA) is 61.4 Å². The molecule has 1 aromatic heterocycles. The minimum absolute atomic E-state index is 0.0344. The zero-order chi connectivity index (χ0) is 16.8. The zero-order valence-corrected chi connectivity index (χ0v) is 14.3. The van der Waals surface area contributed by atoms with E-state index in [9.17, 15) is 9.59 Å². The normalized spacial score (nSPS) is 12.0. The van der Waals surface area contributed by atoms with Crippen molar-refractivity contribution in [2.75, 3.05) is 24.7 Å². The van der Waals surface area contributed by atoms with Crippen LogP contribution in [0.25, 0.3) is 0 Å². The molecule has 5 nitrogen and oxygen atoms in total. The lowest BCUT2D eigenvalue weighted by Crippen LogP contribution is -2.39. The molecule has 1 heterocycles. The highest BCUT2D eigenvalue weighted by molar-refractivity contribution is 7.12. The third-order valence-electron chi connectivity index (χ3n) is 3.47. The van der Waals surface area contributed by atoms with E-state index in [2.05, 4.69) is 10.6 Å². The molecule has 0 aliphatic heterocycles. The largest absolute Gasteiger partial charge is 0.325 e. The molecule has 2 rings (SSSR count). The molecule has 6 heteroatoms. The van der Waals surface area contributed by atoms with Gasteiger partial charge in [0.2, 0.25) is 5.91 Å². The van der Waals surface area contributed by atoms with Crippen molar-refractivity contribution in [3.63, 3.8) is 0 Å². The van der Waals surface area contributed by atoms with E-state index in [-0.39, 0.29) is 17.9 Å². The molecule has 0 aliphatic rings. The number of likely N-dealkylation sites (N-methyl/N-ethyl adjacent to an activating group) is 1. The summed E-state index contributed by atoms with van der Waals surface area (Å²) in [5.74, 6) is -0.164. The van der Waals surface area contributed by atoms with Crippen molar-refractivity contribution in [3.8, 4) is 0 Å². The summed E-state index contributed by atoms with van der Waals surface area (Å²) in [7, 11) is 3.77. The van der Waals surface area contributed by atoms with Gasteiger partial charge in [-0.15, -0.1) is 11.3 Å². The van der Waals surface area contributed by atoms with Gasteiger partial charge in [-0.2, -0.15) is 0 Å². The number of benzene rings is 1. The standard InChI is InChI=1S/C17H21N3O2S/c1-4-14(20(2)3)16(21)18-12-7-9-13(10-8-12)19-17(22)15-6-5-11-23-15/h5-11,14H,4H2,1-3H3,(H,18,21)(H,19,22)/t14-/m0/s1. The number of amides is 2. The quantitative estimate of drug-likeness (QED) is 0.854. The molecule has 0 spiro atoms. The molecule has 23 heavy (non-hydrogen) atoms. The summed E-state index contributed by atoms with van der Waals surface area (Å²) in [6.07, 6.45) is 0.744. The van der Waals surface area contributed by atoms with Crippen LogP contribution in [0.2, 0.25) is 0 Å². The second-order valence-electron chi connectivity index (χ2n) is 5.39. The lowest BCUT2D eigenvalue weighted by atomic mass is 10.2. The molecule has 0 saturated carbocycles. The minimum atomic E-state index is -0.159. The number of carbonyl (C=O) groups excluding carboxylic acids is 2. The Kier molecular flexibility index (Phi) is 5.90. The molecule has 0 bridgehead atoms. The summed E-state index contributed by atoms with van der Waals surface area (Å²) in [4.78, 5) is 26.7. The van der Waals surface area contributed by atoms with Crippen LogP contribution in [0.1, 0.15) is 23.0 Å². The molecular weight excluding hydrogens is 310 g/mol. The Morgan fingerprint density at radius 2 is 1.70 bits per heavy atom. The Balaban J connectivity index is 1.97. The number of anilines is 2. The number of nitrogens with one attached hydrogen (secondary N) is 2. The monoisotopic (exact) mass is 331 g/mol. The highest BCUT2D eigenvalue weighted by Gasteiger charge is 2.18. The minimum Gasteiger partial charge on any atom is -0.325 e. The van der Waals surface area contributed by atoms with E-state index in [1.54, 1.807) is 30.3 Å². The molecule has 0 saturated heterocycles. The van der Waals surface area contributed by atoms with E-state index in [0.717, 1.165) is 6.42 Å². The maximum Gasteiger partial charge on any atom is 0.265 e. The maximum absolute atomic E-state index is 12.2. The lowest BCUT2D eigenvalue weighted by Gasteiger charge is -2.21. The van der Waals surface area contributed by atoms with Crippen LogP contribution in [0.4, 0.5) is 11.4 Å². The van der Waals surface area contributed by atoms with Gasteiger partial charge >= 0.3 is 0 Å². The van der Waals surface area contributed by atoms with Crippen molar-refractivity contribution in [1.82, 2.24) is 4.90 Å². The van der Waals surface area contributed by atoms with Gasteiger partial charge < -0.3 is 10.6 Å². The molecule has 122 valence electrons. The van der Waals surface area contributed by atoms with Gasteiger partial charge in [0.1, 0.15) is 0 Å². The van der Waals surface area contributed by atoms with Crippen molar-refractivity contribution in [2.45, 2.75) is 19.4 Å². The van der Waals surface area contributed by atoms with Gasteiger partial charge in [-0.3, -0.25) is 14.5 Å².